The Kier molecular flexibility index (Phi) is 39.6. The van der Waals surface area contributed by atoms with Gasteiger partial charge < -0.3 is 9.84 Å². The highest BCUT2D eigenvalue weighted by atomic mass is 16.5. The molecule has 3 unspecified atom stereocenters. The molecule has 0 fully saturated rings. The van der Waals surface area contributed by atoms with Crippen LogP contribution in [0.25, 0.3) is 0 Å². The fourth-order valence-corrected chi connectivity index (χ4v) is 6.57. The molecule has 4 heteroatoms. The van der Waals surface area contributed by atoms with Crippen molar-refractivity contribution in [2.24, 2.45) is 17.8 Å². The van der Waals surface area contributed by atoms with Gasteiger partial charge in [0.25, 0.3) is 0 Å². The molecule has 0 aromatic rings. The van der Waals surface area contributed by atoms with E-state index in [1.165, 1.54) is 148 Å². The van der Waals surface area contributed by atoms with Crippen molar-refractivity contribution in [3.8, 4) is 0 Å². The first-order valence-corrected chi connectivity index (χ1v) is 21.6. The van der Waals surface area contributed by atoms with E-state index in [4.69, 9.17) is 4.74 Å². The van der Waals surface area contributed by atoms with E-state index in [1.807, 2.05) is 0 Å². The molecular formula is C44H88O4. The van der Waals surface area contributed by atoms with Crippen molar-refractivity contribution in [1.29, 1.82) is 0 Å². The number of aliphatic carboxylic acids is 1. The summed E-state index contributed by atoms with van der Waals surface area (Å²) in [5, 5.41) is 9.43. The summed E-state index contributed by atoms with van der Waals surface area (Å²) in [5.41, 5.74) is 0. The minimum atomic E-state index is -0.577. The number of unbranched alkanes of at least 4 members (excludes halogenated alkanes) is 19. The molecule has 0 aliphatic heterocycles. The van der Waals surface area contributed by atoms with E-state index in [-0.39, 0.29) is 18.0 Å². The lowest BCUT2D eigenvalue weighted by molar-refractivity contribution is -0.149. The summed E-state index contributed by atoms with van der Waals surface area (Å²) in [5.74, 6) is 0.786. The van der Waals surface area contributed by atoms with E-state index in [0.29, 0.717) is 12.3 Å². The van der Waals surface area contributed by atoms with Gasteiger partial charge in [-0.2, -0.15) is 0 Å². The van der Waals surface area contributed by atoms with Crippen LogP contribution in [0.4, 0.5) is 0 Å². The second kappa shape index (κ2) is 38.7. The van der Waals surface area contributed by atoms with E-state index in [2.05, 4.69) is 48.5 Å². The van der Waals surface area contributed by atoms with E-state index < -0.39 is 5.97 Å². The van der Waals surface area contributed by atoms with Crippen molar-refractivity contribution < 1.29 is 19.4 Å². The fraction of sp³-hybridized carbons (Fsp3) is 0.955. The fourth-order valence-electron chi connectivity index (χ4n) is 6.57. The average molecular weight is 681 g/mol. The normalized spacial score (nSPS) is 13.2. The van der Waals surface area contributed by atoms with Crippen molar-refractivity contribution in [3.63, 3.8) is 0 Å². The van der Waals surface area contributed by atoms with Crippen LogP contribution in [0.5, 0.6) is 0 Å². The van der Waals surface area contributed by atoms with Crippen LogP contribution >= 0.6 is 0 Å². The molecule has 0 aromatic carbocycles. The molecular weight excluding hydrogens is 592 g/mol. The van der Waals surface area contributed by atoms with Crippen LogP contribution < -0.4 is 0 Å². The molecule has 48 heavy (non-hydrogen) atoms. The summed E-state index contributed by atoms with van der Waals surface area (Å²) in [6.45, 7) is 15.7. The summed E-state index contributed by atoms with van der Waals surface area (Å²) in [6, 6.07) is 0. The highest BCUT2D eigenvalue weighted by molar-refractivity contribution is 5.70. The van der Waals surface area contributed by atoms with E-state index in [1.54, 1.807) is 0 Å². The first kappa shape index (κ1) is 49.1. The summed E-state index contributed by atoms with van der Waals surface area (Å²) < 4.78 is 5.60. The number of carboxylic acids is 1. The first-order valence-electron chi connectivity index (χ1n) is 21.6. The van der Waals surface area contributed by atoms with Gasteiger partial charge >= 0.3 is 11.9 Å². The predicted octanol–water partition coefficient (Wildman–Crippen LogP) is 15.1. The first-order chi connectivity index (χ1) is 23.2. The van der Waals surface area contributed by atoms with Crippen molar-refractivity contribution >= 4 is 11.9 Å². The van der Waals surface area contributed by atoms with Gasteiger partial charge in [0.1, 0.15) is 6.10 Å². The molecule has 288 valence electrons. The third-order valence-electron chi connectivity index (χ3n) is 10.1. The highest BCUT2D eigenvalue weighted by Gasteiger charge is 2.18. The molecule has 0 bridgehead atoms. The number of carbonyl (C=O) groups excluding carboxylic acids is 1. The van der Waals surface area contributed by atoms with E-state index in [0.717, 1.165) is 50.9 Å². The van der Waals surface area contributed by atoms with Crippen LogP contribution in [0.15, 0.2) is 0 Å². The van der Waals surface area contributed by atoms with Gasteiger partial charge in [0.05, 0.1) is 5.92 Å². The van der Waals surface area contributed by atoms with Gasteiger partial charge in [-0.05, 0) is 56.8 Å². The SMILES string of the molecule is CCCCCCCCCCC(CCC(C)CCCC(C)C)C(=O)O.CCCCCCCCCCCCCC(=O)OC(CC)CCCCC. The Morgan fingerprint density at radius 1 is 0.479 bits per heavy atom. The highest BCUT2D eigenvalue weighted by Crippen LogP contribution is 2.23. The lowest BCUT2D eigenvalue weighted by Gasteiger charge is -2.16. The van der Waals surface area contributed by atoms with Gasteiger partial charge in [0.2, 0.25) is 0 Å². The van der Waals surface area contributed by atoms with Crippen molar-refractivity contribution in [2.45, 2.75) is 254 Å². The van der Waals surface area contributed by atoms with Crippen LogP contribution in [0, 0.1) is 17.8 Å². The largest absolute Gasteiger partial charge is 0.481 e. The Labute approximate surface area is 302 Å². The number of carbonyl (C=O) groups is 2. The molecule has 3 atom stereocenters. The summed E-state index contributed by atoms with van der Waals surface area (Å²) in [6.07, 6.45) is 37.8. The monoisotopic (exact) mass is 681 g/mol. The van der Waals surface area contributed by atoms with Crippen LogP contribution in [0.2, 0.25) is 0 Å². The lowest BCUT2D eigenvalue weighted by Crippen LogP contribution is -2.17. The smallest absolute Gasteiger partial charge is 0.306 e. The maximum Gasteiger partial charge on any atom is 0.306 e. The molecule has 0 heterocycles. The molecule has 0 amide bonds. The maximum atomic E-state index is 11.9. The summed E-state index contributed by atoms with van der Waals surface area (Å²) >= 11 is 0. The molecule has 0 radical (unpaired) electrons. The Bertz CT molecular complexity index is 660. The minimum Gasteiger partial charge on any atom is -0.481 e. The third-order valence-corrected chi connectivity index (χ3v) is 10.1. The van der Waals surface area contributed by atoms with Crippen molar-refractivity contribution in [1.82, 2.24) is 0 Å². The molecule has 0 rings (SSSR count). The molecule has 0 saturated carbocycles. The van der Waals surface area contributed by atoms with Gasteiger partial charge in [-0.1, -0.05) is 196 Å². The van der Waals surface area contributed by atoms with E-state index in [9.17, 15) is 14.7 Å². The quantitative estimate of drug-likeness (QED) is 0.0534. The number of esters is 1. The minimum absolute atomic E-state index is 0.0225. The van der Waals surface area contributed by atoms with E-state index >= 15 is 0 Å². The lowest BCUT2D eigenvalue weighted by atomic mass is 9.89. The Morgan fingerprint density at radius 3 is 1.38 bits per heavy atom. The average Bonchev–Trinajstić information content (AvgIpc) is 3.05. The van der Waals surface area contributed by atoms with Crippen LogP contribution in [0.3, 0.4) is 0 Å². The van der Waals surface area contributed by atoms with Crippen molar-refractivity contribution in [2.75, 3.05) is 0 Å². The molecule has 0 aromatic heterocycles. The predicted molar refractivity (Wildman–Crippen MR) is 211 cm³/mol. The molecule has 0 aliphatic rings. The van der Waals surface area contributed by atoms with Gasteiger partial charge in [-0.3, -0.25) is 9.59 Å². The topological polar surface area (TPSA) is 63.6 Å². The van der Waals surface area contributed by atoms with Crippen LogP contribution in [-0.4, -0.2) is 23.1 Å². The zero-order valence-electron chi connectivity index (χ0n) is 33.9. The summed E-state index contributed by atoms with van der Waals surface area (Å²) in [7, 11) is 0. The zero-order valence-corrected chi connectivity index (χ0v) is 33.9. The third kappa shape index (κ3) is 37.8. The maximum absolute atomic E-state index is 11.9. The second-order valence-corrected chi connectivity index (χ2v) is 15.6. The second-order valence-electron chi connectivity index (χ2n) is 15.6. The summed E-state index contributed by atoms with van der Waals surface area (Å²) in [4.78, 5) is 23.3. The van der Waals surface area contributed by atoms with Gasteiger partial charge in [-0.25, -0.2) is 0 Å². The standard InChI is InChI=1S/2C22H44O2/c1-5-6-7-8-9-10-11-12-16-21(22(23)24)18-17-20(4)15-13-14-19(2)3;1-4-7-9-10-11-12-13-14-15-16-18-20-22(23)24-21(6-3)19-17-8-5-2/h19-21H,5-18H2,1-4H3,(H,23,24);21H,4-20H2,1-3H3. The number of ether oxygens (including phenoxy) is 1. The molecule has 0 aliphatic carbocycles. The van der Waals surface area contributed by atoms with Gasteiger partial charge in [-0.15, -0.1) is 0 Å². The molecule has 4 nitrogen and oxygen atoms in total. The molecule has 1 N–H and O–H groups in total. The van der Waals surface area contributed by atoms with Crippen LogP contribution in [-0.2, 0) is 14.3 Å². The number of hydrogen-bond donors (Lipinski definition) is 1. The Morgan fingerprint density at radius 2 is 0.917 bits per heavy atom. The van der Waals surface area contributed by atoms with Gasteiger partial charge in [0.15, 0.2) is 0 Å². The van der Waals surface area contributed by atoms with Gasteiger partial charge in [0, 0.05) is 6.42 Å². The van der Waals surface area contributed by atoms with Crippen LogP contribution in [0.1, 0.15) is 248 Å². The number of rotatable bonds is 35. The Balaban J connectivity index is 0. The molecule has 0 spiro atoms. The Hall–Kier alpha value is -1.06. The number of hydrogen-bond acceptors (Lipinski definition) is 3. The molecule has 0 saturated heterocycles. The number of carboxylic acid groups (broad SMARTS) is 1. The van der Waals surface area contributed by atoms with Crippen molar-refractivity contribution in [3.05, 3.63) is 0 Å². The zero-order chi connectivity index (χ0) is 36.1.